The van der Waals surface area contributed by atoms with Crippen LogP contribution in [0.25, 0.3) is 0 Å². The van der Waals surface area contributed by atoms with Crippen molar-refractivity contribution < 1.29 is 18.1 Å². The monoisotopic (exact) mass is 461 g/mol. The van der Waals surface area contributed by atoms with Gasteiger partial charge >= 0.3 is 0 Å². The van der Waals surface area contributed by atoms with Gasteiger partial charge in [0.25, 0.3) is 5.69 Å². The van der Waals surface area contributed by atoms with E-state index in [0.717, 1.165) is 40.1 Å². The number of anilines is 1. The molecular weight excluding hydrogens is 430 g/mol. The van der Waals surface area contributed by atoms with Crippen LogP contribution in [0.1, 0.15) is 49.4 Å². The third kappa shape index (κ3) is 5.85. The minimum absolute atomic E-state index is 0.130. The van der Waals surface area contributed by atoms with Crippen molar-refractivity contribution in [2.75, 3.05) is 10.6 Å². The Hall–Kier alpha value is -2.94. The summed E-state index contributed by atoms with van der Waals surface area (Å²) in [5.41, 5.74) is 3.68. The first-order valence-electron chi connectivity index (χ1n) is 10.7. The maximum absolute atomic E-state index is 13.1. The quantitative estimate of drug-likeness (QED) is 0.426. The average Bonchev–Trinajstić information content (AvgIpc) is 2.75. The number of sulfonamides is 1. The zero-order valence-corrected chi connectivity index (χ0v) is 20.0. The van der Waals surface area contributed by atoms with Crippen LogP contribution in [0.4, 0.5) is 11.4 Å². The van der Waals surface area contributed by atoms with E-state index in [-0.39, 0.29) is 24.3 Å². The number of carbonyl (C=O) groups excluding carboxylic acids is 1. The van der Waals surface area contributed by atoms with Crippen LogP contribution < -0.4 is 9.62 Å². The first-order chi connectivity index (χ1) is 15.0. The molecule has 32 heavy (non-hydrogen) atoms. The first kappa shape index (κ1) is 25.3. The van der Waals surface area contributed by atoms with Gasteiger partial charge in [0.1, 0.15) is 6.04 Å². The smallest absolute Gasteiger partial charge is 0.271 e. The third-order valence-corrected chi connectivity index (χ3v) is 6.65. The van der Waals surface area contributed by atoms with E-state index in [2.05, 4.69) is 24.4 Å². The molecule has 2 rings (SSSR count). The van der Waals surface area contributed by atoms with Gasteiger partial charge in [-0.15, -0.1) is 0 Å². The van der Waals surface area contributed by atoms with Gasteiger partial charge in [-0.05, 0) is 48.4 Å². The highest BCUT2D eigenvalue weighted by Gasteiger charge is 2.33. The van der Waals surface area contributed by atoms with Crippen LogP contribution in [-0.4, -0.2) is 31.5 Å². The normalized spacial score (nSPS) is 12.3. The minimum atomic E-state index is -3.90. The summed E-state index contributed by atoms with van der Waals surface area (Å²) in [6.07, 6.45) is 2.89. The van der Waals surface area contributed by atoms with Crippen LogP contribution >= 0.6 is 0 Å². The van der Waals surface area contributed by atoms with Gasteiger partial charge in [-0.1, -0.05) is 45.0 Å². The van der Waals surface area contributed by atoms with Crippen LogP contribution in [0.2, 0.25) is 0 Å². The molecule has 0 radical (unpaired) electrons. The van der Waals surface area contributed by atoms with Gasteiger partial charge in [-0.25, -0.2) is 8.42 Å². The number of aryl methyl sites for hydroxylation is 3. The predicted octanol–water partition coefficient (Wildman–Crippen LogP) is 3.89. The summed E-state index contributed by atoms with van der Waals surface area (Å²) in [4.78, 5) is 23.8. The lowest BCUT2D eigenvalue weighted by atomic mass is 10.0. The first-order valence-corrected chi connectivity index (χ1v) is 12.5. The molecule has 0 aliphatic heterocycles. The van der Waals surface area contributed by atoms with Crippen molar-refractivity contribution in [2.45, 2.75) is 59.5 Å². The summed E-state index contributed by atoms with van der Waals surface area (Å²) in [6.45, 7) is 7.74. The largest absolute Gasteiger partial charge is 0.350 e. The molecule has 8 nitrogen and oxygen atoms in total. The zero-order valence-electron chi connectivity index (χ0n) is 19.2. The van der Waals surface area contributed by atoms with Gasteiger partial charge in [0.15, 0.2) is 0 Å². The minimum Gasteiger partial charge on any atom is -0.350 e. The molecule has 0 saturated carbocycles. The predicted molar refractivity (Wildman–Crippen MR) is 126 cm³/mol. The Bertz CT molecular complexity index is 1100. The van der Waals surface area contributed by atoms with Crippen LogP contribution in [0.15, 0.2) is 36.4 Å². The van der Waals surface area contributed by atoms with Crippen LogP contribution in [0, 0.1) is 17.0 Å². The van der Waals surface area contributed by atoms with Crippen molar-refractivity contribution in [3.63, 3.8) is 0 Å². The van der Waals surface area contributed by atoms with E-state index in [1.165, 1.54) is 18.2 Å². The number of amides is 1. The number of hydrogen-bond acceptors (Lipinski definition) is 5. The summed E-state index contributed by atoms with van der Waals surface area (Å²) in [7, 11) is -3.90. The third-order valence-electron chi connectivity index (χ3n) is 5.48. The van der Waals surface area contributed by atoms with Gasteiger partial charge in [0.05, 0.1) is 16.9 Å². The molecule has 0 aliphatic carbocycles. The lowest BCUT2D eigenvalue weighted by Crippen LogP contribution is -2.49. The lowest BCUT2D eigenvalue weighted by Gasteiger charge is -2.31. The van der Waals surface area contributed by atoms with Crippen molar-refractivity contribution in [1.82, 2.24) is 5.32 Å². The maximum atomic E-state index is 13.1. The Labute approximate surface area is 189 Å². The summed E-state index contributed by atoms with van der Waals surface area (Å²) < 4.78 is 26.4. The fraction of sp³-hybridized carbons (Fsp3) is 0.435. The molecule has 1 N–H and O–H groups in total. The summed E-state index contributed by atoms with van der Waals surface area (Å²) in [6, 6.07) is 9.13. The molecule has 0 aromatic heterocycles. The molecule has 2 aromatic carbocycles. The zero-order chi connectivity index (χ0) is 24.1. The Morgan fingerprint density at radius 2 is 1.78 bits per heavy atom. The molecule has 1 amide bonds. The highest BCUT2D eigenvalue weighted by Crippen LogP contribution is 2.30. The summed E-state index contributed by atoms with van der Waals surface area (Å²) in [5, 5.41) is 14.1. The van der Waals surface area contributed by atoms with Gasteiger partial charge in [0, 0.05) is 18.7 Å². The van der Waals surface area contributed by atoms with Crippen molar-refractivity contribution in [1.29, 1.82) is 0 Å². The van der Waals surface area contributed by atoms with E-state index in [1.807, 2.05) is 13.0 Å². The highest BCUT2D eigenvalue weighted by atomic mass is 32.2. The van der Waals surface area contributed by atoms with Crippen molar-refractivity contribution in [2.24, 2.45) is 0 Å². The standard InChI is InChI=1S/C23H31N3O5S/c1-6-17-10-11-18(7-2)19(13-17)15-24-23(27)21(8-3)25(32(5,30)31)22-14-20(26(28)29)12-9-16(22)4/h9-14,21H,6-8,15H2,1-5H3,(H,24,27)/t21-/m0/s1. The van der Waals surface area contributed by atoms with Crippen LogP contribution in [0.5, 0.6) is 0 Å². The number of nitro groups is 1. The fourth-order valence-corrected chi connectivity index (χ4v) is 4.95. The van der Waals surface area contributed by atoms with Gasteiger partial charge < -0.3 is 5.32 Å². The fourth-order valence-electron chi connectivity index (χ4n) is 3.69. The van der Waals surface area contributed by atoms with E-state index >= 15 is 0 Å². The molecule has 0 fully saturated rings. The molecule has 0 aliphatic rings. The van der Waals surface area contributed by atoms with Crippen LogP contribution in [0.3, 0.4) is 0 Å². The molecule has 2 aromatic rings. The van der Waals surface area contributed by atoms with E-state index in [4.69, 9.17) is 0 Å². The Morgan fingerprint density at radius 3 is 2.31 bits per heavy atom. The summed E-state index contributed by atoms with van der Waals surface area (Å²) >= 11 is 0. The van der Waals surface area contributed by atoms with Gasteiger partial charge in [0.2, 0.25) is 15.9 Å². The molecule has 9 heteroatoms. The molecule has 0 saturated heterocycles. The second-order valence-electron chi connectivity index (χ2n) is 7.74. The van der Waals surface area contributed by atoms with E-state index in [1.54, 1.807) is 13.8 Å². The van der Waals surface area contributed by atoms with Crippen molar-refractivity contribution in [3.8, 4) is 0 Å². The van der Waals surface area contributed by atoms with Gasteiger partial charge in [-0.2, -0.15) is 0 Å². The van der Waals surface area contributed by atoms with E-state index in [9.17, 15) is 23.3 Å². The SMILES string of the molecule is CCc1ccc(CC)c(CNC(=O)[C@H](CC)N(c2cc([N+](=O)[O-])ccc2C)S(C)(=O)=O)c1. The second kappa shape index (κ2) is 10.6. The maximum Gasteiger partial charge on any atom is 0.271 e. The average molecular weight is 462 g/mol. The van der Waals surface area contributed by atoms with Crippen LogP contribution in [-0.2, 0) is 34.2 Å². The molecule has 0 unspecified atom stereocenters. The molecule has 1 atom stereocenters. The number of benzene rings is 2. The number of non-ortho nitro benzene ring substituents is 1. The number of nitro benzene ring substituents is 1. The number of rotatable bonds is 10. The number of nitrogens with one attached hydrogen (secondary N) is 1. The van der Waals surface area contributed by atoms with Gasteiger partial charge in [-0.3, -0.25) is 19.2 Å². The molecular formula is C23H31N3O5S. The number of nitrogens with zero attached hydrogens (tertiary/aromatic N) is 2. The summed E-state index contributed by atoms with van der Waals surface area (Å²) in [5.74, 6) is -0.451. The van der Waals surface area contributed by atoms with Crippen molar-refractivity contribution in [3.05, 3.63) is 68.8 Å². The Balaban J connectivity index is 2.40. The Morgan fingerprint density at radius 1 is 1.09 bits per heavy atom. The van der Waals surface area contributed by atoms with E-state index < -0.39 is 26.9 Å². The second-order valence-corrected chi connectivity index (χ2v) is 9.60. The Kier molecular flexibility index (Phi) is 8.38. The molecule has 0 bridgehead atoms. The number of hydrogen-bond donors (Lipinski definition) is 1. The van der Waals surface area contributed by atoms with E-state index in [0.29, 0.717) is 5.56 Å². The highest BCUT2D eigenvalue weighted by molar-refractivity contribution is 7.92. The molecule has 174 valence electrons. The number of carbonyl (C=O) groups is 1. The molecule has 0 heterocycles. The molecule has 0 spiro atoms. The van der Waals surface area contributed by atoms with Crippen molar-refractivity contribution >= 4 is 27.3 Å². The topological polar surface area (TPSA) is 110 Å². The lowest BCUT2D eigenvalue weighted by molar-refractivity contribution is -0.384.